The van der Waals surface area contributed by atoms with Crippen LogP contribution in [0.5, 0.6) is 0 Å². The fourth-order valence-corrected chi connectivity index (χ4v) is 2.03. The van der Waals surface area contributed by atoms with Gasteiger partial charge in [0.1, 0.15) is 0 Å². The van der Waals surface area contributed by atoms with E-state index in [9.17, 15) is 14.9 Å². The molecular formula is C14H21N3O4. The molecule has 1 rings (SSSR count). The summed E-state index contributed by atoms with van der Waals surface area (Å²) in [5.41, 5.74) is 1.43. The highest BCUT2D eigenvalue weighted by atomic mass is 16.6. The topological polar surface area (TPSA) is 86.9 Å². The van der Waals surface area contributed by atoms with Gasteiger partial charge in [-0.2, -0.15) is 0 Å². The molecule has 7 heteroatoms. The maximum absolute atomic E-state index is 10.9. The SMILES string of the molecule is Cc1c(CN(CCN(C)C)CC(=O)O)cccc1[N+](=O)[O-]. The minimum atomic E-state index is -0.906. The van der Waals surface area contributed by atoms with Crippen LogP contribution in [0.4, 0.5) is 5.69 Å². The van der Waals surface area contributed by atoms with E-state index < -0.39 is 10.9 Å². The van der Waals surface area contributed by atoms with E-state index in [0.717, 1.165) is 12.1 Å². The number of rotatable bonds is 8. The lowest BCUT2D eigenvalue weighted by molar-refractivity contribution is -0.385. The minimum absolute atomic E-state index is 0.0652. The summed E-state index contributed by atoms with van der Waals surface area (Å²) >= 11 is 0. The molecule has 0 aliphatic rings. The Balaban J connectivity index is 2.89. The van der Waals surface area contributed by atoms with Crippen molar-refractivity contribution in [2.24, 2.45) is 0 Å². The lowest BCUT2D eigenvalue weighted by Gasteiger charge is -2.23. The Morgan fingerprint density at radius 1 is 1.33 bits per heavy atom. The van der Waals surface area contributed by atoms with Gasteiger partial charge in [0.25, 0.3) is 5.69 Å². The molecule has 7 nitrogen and oxygen atoms in total. The number of aliphatic carboxylic acids is 1. The Kier molecular flexibility index (Phi) is 6.26. The molecule has 0 aliphatic heterocycles. The number of hydrogen-bond acceptors (Lipinski definition) is 5. The highest BCUT2D eigenvalue weighted by Crippen LogP contribution is 2.22. The number of nitrogens with zero attached hydrogens (tertiary/aromatic N) is 3. The first kappa shape index (κ1) is 17.1. The molecule has 0 spiro atoms. The summed E-state index contributed by atoms with van der Waals surface area (Å²) < 4.78 is 0. The van der Waals surface area contributed by atoms with Crippen LogP contribution >= 0.6 is 0 Å². The first-order chi connectivity index (χ1) is 9.81. The third-order valence-electron chi connectivity index (χ3n) is 3.23. The van der Waals surface area contributed by atoms with Crippen molar-refractivity contribution in [3.63, 3.8) is 0 Å². The Bertz CT molecular complexity index is 517. The molecule has 0 fully saturated rings. The average molecular weight is 295 g/mol. The molecule has 116 valence electrons. The summed E-state index contributed by atoms with van der Waals surface area (Å²) in [7, 11) is 3.83. The summed E-state index contributed by atoms with van der Waals surface area (Å²) in [4.78, 5) is 25.2. The van der Waals surface area contributed by atoms with Crippen LogP contribution in [0.3, 0.4) is 0 Å². The second-order valence-electron chi connectivity index (χ2n) is 5.23. The van der Waals surface area contributed by atoms with Crippen molar-refractivity contribution in [3.05, 3.63) is 39.4 Å². The van der Waals surface area contributed by atoms with Crippen molar-refractivity contribution >= 4 is 11.7 Å². The molecule has 0 radical (unpaired) electrons. The highest BCUT2D eigenvalue weighted by molar-refractivity contribution is 5.69. The summed E-state index contributed by atoms with van der Waals surface area (Å²) in [6.45, 7) is 3.30. The lowest BCUT2D eigenvalue weighted by atomic mass is 10.1. The third-order valence-corrected chi connectivity index (χ3v) is 3.23. The van der Waals surface area contributed by atoms with Gasteiger partial charge >= 0.3 is 5.97 Å². The van der Waals surface area contributed by atoms with Gasteiger partial charge in [0.2, 0.25) is 0 Å². The zero-order valence-corrected chi connectivity index (χ0v) is 12.6. The van der Waals surface area contributed by atoms with Crippen molar-refractivity contribution in [1.82, 2.24) is 9.80 Å². The van der Waals surface area contributed by atoms with Gasteiger partial charge in [-0.1, -0.05) is 12.1 Å². The maximum atomic E-state index is 10.9. The molecule has 0 saturated carbocycles. The second-order valence-corrected chi connectivity index (χ2v) is 5.23. The quantitative estimate of drug-likeness (QED) is 0.575. The number of nitro benzene ring substituents is 1. The van der Waals surface area contributed by atoms with Gasteiger partial charge < -0.3 is 10.0 Å². The number of carbonyl (C=O) groups is 1. The van der Waals surface area contributed by atoms with Crippen molar-refractivity contribution in [2.75, 3.05) is 33.7 Å². The number of benzene rings is 1. The molecule has 1 aromatic carbocycles. The number of nitro groups is 1. The smallest absolute Gasteiger partial charge is 0.317 e. The predicted octanol–water partition coefficient (Wildman–Crippen LogP) is 1.35. The molecule has 21 heavy (non-hydrogen) atoms. The predicted molar refractivity (Wildman–Crippen MR) is 79.3 cm³/mol. The van der Waals surface area contributed by atoms with Crippen LogP contribution < -0.4 is 0 Å². The van der Waals surface area contributed by atoms with Crippen LogP contribution in [0.15, 0.2) is 18.2 Å². The number of hydrogen-bond donors (Lipinski definition) is 1. The van der Waals surface area contributed by atoms with Gasteiger partial charge in [-0.15, -0.1) is 0 Å². The molecule has 0 aliphatic carbocycles. The largest absolute Gasteiger partial charge is 0.480 e. The van der Waals surface area contributed by atoms with Gasteiger partial charge in [0.05, 0.1) is 11.5 Å². The first-order valence-corrected chi connectivity index (χ1v) is 6.63. The molecule has 0 aromatic heterocycles. The van der Waals surface area contributed by atoms with Crippen LogP contribution in [-0.2, 0) is 11.3 Å². The molecule has 1 N–H and O–H groups in total. The molecular weight excluding hydrogens is 274 g/mol. The first-order valence-electron chi connectivity index (χ1n) is 6.63. The summed E-state index contributed by atoms with van der Waals surface area (Å²) in [6.07, 6.45) is 0. The normalized spacial score (nSPS) is 11.1. The van der Waals surface area contributed by atoms with Crippen molar-refractivity contribution in [2.45, 2.75) is 13.5 Å². The average Bonchev–Trinajstić information content (AvgIpc) is 2.37. The van der Waals surface area contributed by atoms with Crippen LogP contribution in [0.25, 0.3) is 0 Å². The summed E-state index contributed by atoms with van der Waals surface area (Å²) in [5.74, 6) is -0.906. The van der Waals surface area contributed by atoms with Gasteiger partial charge in [-0.05, 0) is 26.6 Å². The molecule has 0 atom stereocenters. The Labute approximate surface area is 123 Å². The monoisotopic (exact) mass is 295 g/mol. The summed E-state index contributed by atoms with van der Waals surface area (Å²) in [5, 5.41) is 19.9. The Morgan fingerprint density at radius 2 is 2.00 bits per heavy atom. The van der Waals surface area contributed by atoms with E-state index in [1.54, 1.807) is 24.0 Å². The maximum Gasteiger partial charge on any atom is 0.317 e. The van der Waals surface area contributed by atoms with Crippen LogP contribution in [-0.4, -0.2) is 59.5 Å². The summed E-state index contributed by atoms with van der Waals surface area (Å²) in [6, 6.07) is 4.89. The van der Waals surface area contributed by atoms with Crippen LogP contribution in [0.1, 0.15) is 11.1 Å². The standard InChI is InChI=1S/C14H21N3O4/c1-11-12(5-4-6-13(11)17(20)21)9-16(10-14(18)19)8-7-15(2)3/h4-6H,7-10H2,1-3H3,(H,18,19). The van der Waals surface area contributed by atoms with E-state index in [-0.39, 0.29) is 12.2 Å². The lowest BCUT2D eigenvalue weighted by Crippen LogP contribution is -2.35. The van der Waals surface area contributed by atoms with E-state index in [1.807, 2.05) is 19.0 Å². The fourth-order valence-electron chi connectivity index (χ4n) is 2.03. The Morgan fingerprint density at radius 3 is 2.52 bits per heavy atom. The van der Waals surface area contributed by atoms with Crippen LogP contribution in [0.2, 0.25) is 0 Å². The van der Waals surface area contributed by atoms with E-state index in [4.69, 9.17) is 5.11 Å². The van der Waals surface area contributed by atoms with Gasteiger partial charge in [0, 0.05) is 31.3 Å². The molecule has 0 bridgehead atoms. The minimum Gasteiger partial charge on any atom is -0.480 e. The van der Waals surface area contributed by atoms with E-state index in [1.165, 1.54) is 6.07 Å². The molecule has 1 aromatic rings. The third kappa shape index (κ3) is 5.49. The van der Waals surface area contributed by atoms with Crippen molar-refractivity contribution in [1.29, 1.82) is 0 Å². The van der Waals surface area contributed by atoms with Crippen molar-refractivity contribution < 1.29 is 14.8 Å². The van der Waals surface area contributed by atoms with Gasteiger partial charge in [-0.25, -0.2) is 0 Å². The number of likely N-dealkylation sites (N-methyl/N-ethyl adjacent to an activating group) is 1. The van der Waals surface area contributed by atoms with E-state index in [0.29, 0.717) is 18.7 Å². The Hall–Kier alpha value is -1.99. The van der Waals surface area contributed by atoms with Crippen LogP contribution in [0, 0.1) is 17.0 Å². The van der Waals surface area contributed by atoms with E-state index in [2.05, 4.69) is 0 Å². The molecule has 0 saturated heterocycles. The highest BCUT2D eigenvalue weighted by Gasteiger charge is 2.17. The van der Waals surface area contributed by atoms with E-state index >= 15 is 0 Å². The van der Waals surface area contributed by atoms with Crippen molar-refractivity contribution in [3.8, 4) is 0 Å². The molecule has 0 unspecified atom stereocenters. The second kappa shape index (κ2) is 7.70. The number of carboxylic acid groups (broad SMARTS) is 1. The molecule has 0 amide bonds. The van der Waals surface area contributed by atoms with Gasteiger partial charge in [-0.3, -0.25) is 19.8 Å². The fraction of sp³-hybridized carbons (Fsp3) is 0.500. The number of carboxylic acids is 1. The zero-order valence-electron chi connectivity index (χ0n) is 12.6. The zero-order chi connectivity index (χ0) is 16.0. The van der Waals surface area contributed by atoms with Gasteiger partial charge in [0.15, 0.2) is 0 Å². The molecule has 0 heterocycles.